The Hall–Kier alpha value is -2.02. The second-order valence-corrected chi connectivity index (χ2v) is 13.0. The smallest absolute Gasteiger partial charge is 0.289 e. The fourth-order valence-corrected chi connectivity index (χ4v) is 5.18. The molecule has 0 bridgehead atoms. The molecule has 0 saturated heterocycles. The highest BCUT2D eigenvalue weighted by atomic mass is 16.5. The van der Waals surface area contributed by atoms with Crippen molar-refractivity contribution < 1.29 is 14.2 Å². The van der Waals surface area contributed by atoms with Crippen LogP contribution in [0.1, 0.15) is 109 Å². The minimum Gasteiger partial charge on any atom is -0.754 e. The van der Waals surface area contributed by atoms with Gasteiger partial charge >= 0.3 is 0 Å². The van der Waals surface area contributed by atoms with Crippen molar-refractivity contribution in [1.82, 2.24) is 5.06 Å². The summed E-state index contributed by atoms with van der Waals surface area (Å²) in [7, 11) is 0. The van der Waals surface area contributed by atoms with Crippen molar-refractivity contribution in [2.75, 3.05) is 13.2 Å². The summed E-state index contributed by atoms with van der Waals surface area (Å²) in [6.45, 7) is 25.7. The van der Waals surface area contributed by atoms with Gasteiger partial charge in [0.05, 0.1) is 4.76 Å². The van der Waals surface area contributed by atoms with E-state index in [0.717, 1.165) is 57.8 Å². The van der Waals surface area contributed by atoms with Crippen LogP contribution in [0.2, 0.25) is 0 Å². The Kier molecular flexibility index (Phi) is 10.9. The topological polar surface area (TPSA) is 64.8 Å². The number of ether oxygens (including phenoxy) is 2. The van der Waals surface area contributed by atoms with E-state index in [0.29, 0.717) is 36.0 Å². The minimum absolute atomic E-state index is 0.303. The highest BCUT2D eigenvalue weighted by Crippen LogP contribution is 2.43. The van der Waals surface area contributed by atoms with Crippen molar-refractivity contribution >= 4 is 0 Å². The molecule has 0 aliphatic carbocycles. The van der Waals surface area contributed by atoms with E-state index < -0.39 is 12.2 Å². The standard InChI is InChI=1S/C32H52N2O4/c1-13-15-17-37-29(31(7,8)9)27-23(5)19-21(3)25(33(27)35)26-22(4)20-24(6)28(34(26)36)30(32(10,11)12)38-18-16-14-2/h19-20,29-30H,13-18H2,1-12H3/t29-,30-/m0/s1. The van der Waals surface area contributed by atoms with Crippen molar-refractivity contribution in [1.29, 1.82) is 0 Å². The monoisotopic (exact) mass is 528 g/mol. The third-order valence-corrected chi connectivity index (χ3v) is 7.12. The number of rotatable bonds is 10. The maximum atomic E-state index is 14.3. The van der Waals surface area contributed by atoms with E-state index >= 15 is 0 Å². The zero-order chi connectivity index (χ0) is 29.0. The van der Waals surface area contributed by atoms with Crippen LogP contribution in [0.5, 0.6) is 0 Å². The van der Waals surface area contributed by atoms with Crippen LogP contribution in [-0.2, 0) is 9.47 Å². The molecular formula is C32H52N2O4. The Morgan fingerprint density at radius 3 is 1.76 bits per heavy atom. The predicted molar refractivity (Wildman–Crippen MR) is 157 cm³/mol. The van der Waals surface area contributed by atoms with Crippen LogP contribution in [0.3, 0.4) is 0 Å². The summed E-state index contributed by atoms with van der Waals surface area (Å²) in [5.74, 6) is 0. The molecule has 0 fully saturated rings. The lowest BCUT2D eigenvalue weighted by atomic mass is 9.82. The second kappa shape index (κ2) is 12.9. The summed E-state index contributed by atoms with van der Waals surface area (Å²) in [4.78, 5) is 14.3. The molecule has 6 nitrogen and oxygen atoms in total. The number of hydrogen-bond acceptors (Lipinski definition) is 5. The van der Waals surface area contributed by atoms with E-state index in [2.05, 4.69) is 55.4 Å². The van der Waals surface area contributed by atoms with Gasteiger partial charge in [0.2, 0.25) is 0 Å². The van der Waals surface area contributed by atoms with E-state index in [-0.39, 0.29) is 10.8 Å². The van der Waals surface area contributed by atoms with E-state index in [1.165, 1.54) is 0 Å². The number of hydroxylamine groups is 2. The average molecular weight is 529 g/mol. The normalized spacial score (nSPS) is 21.2. The van der Waals surface area contributed by atoms with Crippen molar-refractivity contribution in [3.8, 4) is 0 Å². The van der Waals surface area contributed by atoms with Crippen LogP contribution in [0.15, 0.2) is 57.2 Å². The van der Waals surface area contributed by atoms with Crippen LogP contribution in [-0.4, -0.2) is 35.2 Å². The van der Waals surface area contributed by atoms with Gasteiger partial charge in [0.25, 0.3) is 11.4 Å². The summed E-state index contributed by atoms with van der Waals surface area (Å²) >= 11 is 0. The molecule has 0 spiro atoms. The molecule has 0 saturated carbocycles. The summed E-state index contributed by atoms with van der Waals surface area (Å²) < 4.78 is 13.6. The van der Waals surface area contributed by atoms with Gasteiger partial charge in [-0.25, -0.2) is 0 Å². The van der Waals surface area contributed by atoms with Gasteiger partial charge in [-0.15, -0.1) is 0 Å². The summed E-state index contributed by atoms with van der Waals surface area (Å²) in [5, 5.41) is 15.2. The van der Waals surface area contributed by atoms with Crippen LogP contribution in [0.25, 0.3) is 0 Å². The van der Waals surface area contributed by atoms with Gasteiger partial charge in [0.1, 0.15) is 11.8 Å². The predicted octanol–water partition coefficient (Wildman–Crippen LogP) is 8.71. The highest BCUT2D eigenvalue weighted by Gasteiger charge is 2.46. The van der Waals surface area contributed by atoms with Crippen LogP contribution >= 0.6 is 0 Å². The molecule has 38 heavy (non-hydrogen) atoms. The molecule has 214 valence electrons. The largest absolute Gasteiger partial charge is 0.754 e. The second-order valence-electron chi connectivity index (χ2n) is 13.0. The van der Waals surface area contributed by atoms with Crippen LogP contribution in [0, 0.1) is 20.9 Å². The Bertz CT molecular complexity index is 1040. The molecule has 0 N–H and O–H groups in total. The number of nitrogens with zero attached hydrogens (tertiary/aromatic N) is 2. The number of allylic oxidation sites excluding steroid dienone is 6. The molecule has 2 aliphatic heterocycles. The van der Waals surface area contributed by atoms with Gasteiger partial charge < -0.3 is 19.7 Å². The Labute approximate surface area is 231 Å². The lowest BCUT2D eigenvalue weighted by molar-refractivity contribution is -0.460. The van der Waals surface area contributed by atoms with Gasteiger partial charge in [-0.1, -0.05) is 74.3 Å². The Morgan fingerprint density at radius 1 is 0.816 bits per heavy atom. The van der Waals surface area contributed by atoms with Gasteiger partial charge in [0.15, 0.2) is 6.10 Å². The molecule has 0 aromatic rings. The lowest BCUT2D eigenvalue weighted by Crippen LogP contribution is -2.41. The van der Waals surface area contributed by atoms with Gasteiger partial charge in [-0.3, -0.25) is 0 Å². The Morgan fingerprint density at radius 2 is 1.29 bits per heavy atom. The third kappa shape index (κ3) is 7.13. The summed E-state index contributed by atoms with van der Waals surface area (Å²) in [6, 6.07) is 0. The van der Waals surface area contributed by atoms with E-state index in [9.17, 15) is 10.1 Å². The van der Waals surface area contributed by atoms with Crippen molar-refractivity contribution in [3.05, 3.63) is 67.3 Å². The van der Waals surface area contributed by atoms with Crippen LogP contribution in [0.4, 0.5) is 0 Å². The quantitative estimate of drug-likeness (QED) is 0.209. The first kappa shape index (κ1) is 32.2. The molecule has 6 heteroatoms. The van der Waals surface area contributed by atoms with Gasteiger partial charge in [-0.2, -0.15) is 0 Å². The highest BCUT2D eigenvalue weighted by molar-refractivity contribution is 5.52. The fourth-order valence-electron chi connectivity index (χ4n) is 5.18. The zero-order valence-electron chi connectivity index (χ0n) is 26.1. The Balaban J connectivity index is 2.68. The summed E-state index contributed by atoms with van der Waals surface area (Å²) in [6.07, 6.45) is 7.10. The SMILES string of the molecule is CCCCO[C@@H](C1=C(C)C=C(C)C(=C2C(C)=CC(C)=C([C@H](OCCCC)C(C)(C)C)[N+]2=O)N1[O-])C(C)(C)C. The van der Waals surface area contributed by atoms with Gasteiger partial charge in [-0.05, 0) is 68.6 Å². The van der Waals surface area contributed by atoms with Crippen molar-refractivity contribution in [3.63, 3.8) is 0 Å². The third-order valence-electron chi connectivity index (χ3n) is 7.12. The fraction of sp³-hybridized carbons (Fsp3) is 0.688. The maximum Gasteiger partial charge on any atom is 0.289 e. The van der Waals surface area contributed by atoms with E-state index in [1.54, 1.807) is 0 Å². The van der Waals surface area contributed by atoms with Crippen molar-refractivity contribution in [2.45, 2.75) is 121 Å². The average Bonchev–Trinajstić information content (AvgIpc) is 2.77. The summed E-state index contributed by atoms with van der Waals surface area (Å²) in [5.41, 5.74) is 4.58. The molecule has 0 amide bonds. The van der Waals surface area contributed by atoms with E-state index in [4.69, 9.17) is 9.47 Å². The minimum atomic E-state index is -0.407. The molecule has 2 atom stereocenters. The molecule has 0 aromatic heterocycles. The molecule has 0 unspecified atom stereocenters. The number of nitroso groups, excluding NO2 is 1. The van der Waals surface area contributed by atoms with Gasteiger partial charge in [0, 0.05) is 35.0 Å². The molecule has 0 radical (unpaired) electrons. The zero-order valence-corrected chi connectivity index (χ0v) is 26.1. The molecule has 2 aliphatic rings. The molecular weight excluding hydrogens is 476 g/mol. The van der Waals surface area contributed by atoms with Crippen LogP contribution < -0.4 is 0 Å². The molecule has 2 heterocycles. The first-order valence-corrected chi connectivity index (χ1v) is 14.3. The maximum absolute atomic E-state index is 14.3. The number of unbranched alkanes of at least 4 members (excludes halogenated alkanes) is 2. The first-order chi connectivity index (χ1) is 17.6. The molecule has 2 rings (SSSR count). The number of hydrogen-bond donors (Lipinski definition) is 0. The van der Waals surface area contributed by atoms with E-state index in [1.807, 2.05) is 39.8 Å². The first-order valence-electron chi connectivity index (χ1n) is 14.3. The van der Waals surface area contributed by atoms with Crippen molar-refractivity contribution in [2.24, 2.45) is 10.8 Å². The molecule has 0 aromatic carbocycles. The lowest BCUT2D eigenvalue weighted by Gasteiger charge is -2.46.